The molecule has 3 atom stereocenters. The van der Waals surface area contributed by atoms with Crippen LogP contribution in [0, 0.1) is 0 Å². The number of ether oxygens (including phenoxy) is 2. The molecule has 11 nitrogen and oxygen atoms in total. The minimum Gasteiger partial charge on any atom is -0.480 e. The number of carboxylic acid groups (broad SMARTS) is 1. The lowest BCUT2D eigenvalue weighted by atomic mass is 10.0. The number of carbonyl (C=O) groups is 3. The molecule has 0 aromatic heterocycles. The van der Waals surface area contributed by atoms with Crippen molar-refractivity contribution in [2.45, 2.75) is 193 Å². The highest BCUT2D eigenvalue weighted by Gasteiger charge is 2.28. The lowest BCUT2D eigenvalue weighted by molar-refractivity contribution is -0.161. The standard InChI is InChI=1S/C40H74NO10P/c1-3-5-7-9-11-13-15-17-18-20-22-24-26-28-30-32-39(43)51-36(34-49-52(46,47)50-35-37(41)40(44)45)33-48-38(42)31-29-27-25-23-21-19-16-14-12-10-8-6-4-2/h11,13,17-18,36-37H,3-10,12,14-16,19-35,41H2,1-2H3,(H,44,45)(H,46,47)/b13-11+,18-17+/t36-,37+/m1/s1. The largest absolute Gasteiger partial charge is 0.480 e. The van der Waals surface area contributed by atoms with Gasteiger partial charge in [-0.25, -0.2) is 4.57 Å². The summed E-state index contributed by atoms with van der Waals surface area (Å²) < 4.78 is 32.6. The Morgan fingerprint density at radius 3 is 1.54 bits per heavy atom. The van der Waals surface area contributed by atoms with Crippen LogP contribution >= 0.6 is 7.82 Å². The van der Waals surface area contributed by atoms with Crippen molar-refractivity contribution in [2.75, 3.05) is 19.8 Å². The number of rotatable bonds is 38. The number of allylic oxidation sites excluding steroid dienone is 4. The smallest absolute Gasteiger partial charge is 0.472 e. The van der Waals surface area contributed by atoms with Crippen LogP contribution in [-0.4, -0.2) is 59.9 Å². The first-order chi connectivity index (χ1) is 25.1. The van der Waals surface area contributed by atoms with Crippen molar-refractivity contribution in [3.05, 3.63) is 24.3 Å². The SMILES string of the molecule is CCCCC/C=C/C/C=C/CCCCCCCC(=O)O[C@H](COC(=O)CCCCCCCCCCCCCCC)COP(=O)(O)OC[C@H](N)C(=O)O. The zero-order chi connectivity index (χ0) is 38.5. The summed E-state index contributed by atoms with van der Waals surface area (Å²) >= 11 is 0. The molecule has 52 heavy (non-hydrogen) atoms. The summed E-state index contributed by atoms with van der Waals surface area (Å²) in [6.45, 7) is 2.76. The average Bonchev–Trinajstić information content (AvgIpc) is 3.12. The minimum absolute atomic E-state index is 0.147. The highest BCUT2D eigenvalue weighted by Crippen LogP contribution is 2.43. The number of aliphatic carboxylic acids is 1. The van der Waals surface area contributed by atoms with Crippen LogP contribution in [0.5, 0.6) is 0 Å². The second kappa shape index (κ2) is 36.0. The maximum atomic E-state index is 12.6. The zero-order valence-electron chi connectivity index (χ0n) is 32.7. The minimum atomic E-state index is -4.71. The van der Waals surface area contributed by atoms with E-state index in [4.69, 9.17) is 24.8 Å². The Kier molecular flexibility index (Phi) is 34.6. The van der Waals surface area contributed by atoms with Gasteiger partial charge in [0.2, 0.25) is 0 Å². The van der Waals surface area contributed by atoms with E-state index in [0.29, 0.717) is 12.8 Å². The predicted octanol–water partition coefficient (Wildman–Crippen LogP) is 10.3. The molecule has 0 amide bonds. The normalized spacial score (nSPS) is 14.1. The molecule has 12 heteroatoms. The van der Waals surface area contributed by atoms with Crippen LogP contribution in [-0.2, 0) is 37.5 Å². The summed E-state index contributed by atoms with van der Waals surface area (Å²) in [5.74, 6) is -2.39. The summed E-state index contributed by atoms with van der Waals surface area (Å²) in [4.78, 5) is 45.8. The van der Waals surface area contributed by atoms with Crippen LogP contribution in [0.25, 0.3) is 0 Å². The molecule has 0 fully saturated rings. The van der Waals surface area contributed by atoms with Crippen molar-refractivity contribution in [1.82, 2.24) is 0 Å². The average molecular weight is 760 g/mol. The molecule has 4 N–H and O–H groups in total. The second-order valence-corrected chi connectivity index (χ2v) is 15.2. The third-order valence-corrected chi connectivity index (χ3v) is 9.65. The van der Waals surface area contributed by atoms with Gasteiger partial charge in [0, 0.05) is 12.8 Å². The molecular weight excluding hydrogens is 685 g/mol. The van der Waals surface area contributed by atoms with Gasteiger partial charge in [0.25, 0.3) is 0 Å². The van der Waals surface area contributed by atoms with Crippen LogP contribution in [0.3, 0.4) is 0 Å². The molecule has 0 aromatic rings. The molecule has 0 saturated heterocycles. The zero-order valence-corrected chi connectivity index (χ0v) is 33.5. The molecule has 304 valence electrons. The number of phosphoric ester groups is 1. The molecule has 0 radical (unpaired) electrons. The molecule has 0 aliphatic rings. The van der Waals surface area contributed by atoms with Crippen LogP contribution in [0.15, 0.2) is 24.3 Å². The van der Waals surface area contributed by atoms with Crippen molar-refractivity contribution >= 4 is 25.7 Å². The fourth-order valence-electron chi connectivity index (χ4n) is 5.45. The first kappa shape index (κ1) is 50.0. The fraction of sp³-hybridized carbons (Fsp3) is 0.825. The Morgan fingerprint density at radius 2 is 1.02 bits per heavy atom. The van der Waals surface area contributed by atoms with Gasteiger partial charge in [0.15, 0.2) is 6.10 Å². The van der Waals surface area contributed by atoms with E-state index in [1.165, 1.54) is 77.0 Å². The first-order valence-electron chi connectivity index (χ1n) is 20.4. The van der Waals surface area contributed by atoms with Crippen molar-refractivity contribution in [3.63, 3.8) is 0 Å². The molecular formula is C40H74NO10P. The Balaban J connectivity index is 4.42. The number of phosphoric acid groups is 1. The van der Waals surface area contributed by atoms with Gasteiger partial charge < -0.3 is 25.2 Å². The Hall–Kier alpha value is -2.04. The Morgan fingerprint density at radius 1 is 0.596 bits per heavy atom. The topological polar surface area (TPSA) is 172 Å². The number of unbranched alkanes of at least 4 members (excludes halogenated alkanes) is 20. The predicted molar refractivity (Wildman–Crippen MR) is 208 cm³/mol. The number of esters is 2. The van der Waals surface area contributed by atoms with Gasteiger partial charge in [0.05, 0.1) is 13.2 Å². The van der Waals surface area contributed by atoms with Crippen LogP contribution in [0.4, 0.5) is 0 Å². The summed E-state index contributed by atoms with van der Waals surface area (Å²) in [7, 11) is -4.71. The first-order valence-corrected chi connectivity index (χ1v) is 21.9. The number of hydrogen-bond donors (Lipinski definition) is 3. The van der Waals surface area contributed by atoms with Gasteiger partial charge in [0.1, 0.15) is 12.6 Å². The summed E-state index contributed by atoms with van der Waals surface area (Å²) in [5.41, 5.74) is 5.32. The van der Waals surface area contributed by atoms with E-state index in [-0.39, 0.29) is 19.4 Å². The van der Waals surface area contributed by atoms with Gasteiger partial charge in [-0.15, -0.1) is 0 Å². The molecule has 1 unspecified atom stereocenters. The third-order valence-electron chi connectivity index (χ3n) is 8.70. The molecule has 0 saturated carbocycles. The monoisotopic (exact) mass is 760 g/mol. The maximum Gasteiger partial charge on any atom is 0.472 e. The third kappa shape index (κ3) is 35.0. The molecule has 0 rings (SSSR count). The summed E-state index contributed by atoms with van der Waals surface area (Å²) in [5, 5.41) is 8.87. The fourth-order valence-corrected chi connectivity index (χ4v) is 6.23. The van der Waals surface area contributed by atoms with Gasteiger partial charge in [-0.05, 0) is 44.9 Å². The van der Waals surface area contributed by atoms with Crippen molar-refractivity contribution in [2.24, 2.45) is 5.73 Å². The Labute approximate surface area is 315 Å². The van der Waals surface area contributed by atoms with Gasteiger partial charge in [-0.1, -0.05) is 147 Å². The van der Waals surface area contributed by atoms with E-state index in [1.54, 1.807) is 0 Å². The van der Waals surface area contributed by atoms with Crippen molar-refractivity contribution < 1.29 is 47.5 Å². The lowest BCUT2D eigenvalue weighted by Crippen LogP contribution is -2.34. The lowest BCUT2D eigenvalue weighted by Gasteiger charge is -2.20. The van der Waals surface area contributed by atoms with Crippen LogP contribution < -0.4 is 5.73 Å². The van der Waals surface area contributed by atoms with Crippen molar-refractivity contribution in [1.29, 1.82) is 0 Å². The van der Waals surface area contributed by atoms with E-state index < -0.39 is 51.1 Å². The van der Waals surface area contributed by atoms with Gasteiger partial charge in [-0.2, -0.15) is 0 Å². The van der Waals surface area contributed by atoms with E-state index in [1.807, 2.05) is 0 Å². The van der Waals surface area contributed by atoms with Gasteiger partial charge in [-0.3, -0.25) is 23.4 Å². The number of carboxylic acids is 1. The molecule has 0 bridgehead atoms. The molecule has 0 aliphatic heterocycles. The molecule has 0 aliphatic carbocycles. The second-order valence-electron chi connectivity index (χ2n) is 13.8. The number of carbonyl (C=O) groups excluding carboxylic acids is 2. The van der Waals surface area contributed by atoms with Gasteiger partial charge >= 0.3 is 25.7 Å². The molecule has 0 aromatic carbocycles. The van der Waals surface area contributed by atoms with Crippen LogP contribution in [0.2, 0.25) is 0 Å². The van der Waals surface area contributed by atoms with Crippen LogP contribution in [0.1, 0.15) is 181 Å². The summed E-state index contributed by atoms with van der Waals surface area (Å²) in [6.07, 6.45) is 35.2. The highest BCUT2D eigenvalue weighted by atomic mass is 31.2. The number of hydrogen-bond acceptors (Lipinski definition) is 9. The highest BCUT2D eigenvalue weighted by molar-refractivity contribution is 7.47. The van der Waals surface area contributed by atoms with Crippen molar-refractivity contribution in [3.8, 4) is 0 Å². The van der Waals surface area contributed by atoms with E-state index >= 15 is 0 Å². The molecule has 0 heterocycles. The summed E-state index contributed by atoms with van der Waals surface area (Å²) in [6, 6.07) is -1.52. The Bertz CT molecular complexity index is 989. The maximum absolute atomic E-state index is 12.6. The molecule has 0 spiro atoms. The number of nitrogens with two attached hydrogens (primary N) is 1. The quantitative estimate of drug-likeness (QED) is 0.0237. The van der Waals surface area contributed by atoms with E-state index in [9.17, 15) is 23.8 Å². The van der Waals surface area contributed by atoms with E-state index in [0.717, 1.165) is 64.2 Å². The van der Waals surface area contributed by atoms with E-state index in [2.05, 4.69) is 42.7 Å².